The van der Waals surface area contributed by atoms with Crippen LogP contribution in [0.25, 0.3) is 0 Å². The molecular formula is C14H26N2O3. The van der Waals surface area contributed by atoms with Crippen LogP contribution < -0.4 is 5.32 Å². The van der Waals surface area contributed by atoms with Crippen LogP contribution in [0.3, 0.4) is 0 Å². The van der Waals surface area contributed by atoms with Gasteiger partial charge in [-0.05, 0) is 32.6 Å². The molecule has 1 aliphatic rings. The van der Waals surface area contributed by atoms with Crippen molar-refractivity contribution >= 4 is 11.8 Å². The maximum atomic E-state index is 12.5. The van der Waals surface area contributed by atoms with E-state index in [-0.39, 0.29) is 23.9 Å². The fourth-order valence-corrected chi connectivity index (χ4v) is 2.51. The molecule has 3 atom stereocenters. The molecule has 110 valence electrons. The Kier molecular flexibility index (Phi) is 5.79. The van der Waals surface area contributed by atoms with Gasteiger partial charge in [-0.15, -0.1) is 0 Å². The summed E-state index contributed by atoms with van der Waals surface area (Å²) in [6.07, 6.45) is 1.43. The van der Waals surface area contributed by atoms with Crippen molar-refractivity contribution < 1.29 is 14.3 Å². The van der Waals surface area contributed by atoms with E-state index in [0.29, 0.717) is 18.9 Å². The van der Waals surface area contributed by atoms with Crippen LogP contribution in [0.4, 0.5) is 0 Å². The van der Waals surface area contributed by atoms with Crippen LogP contribution in [0.2, 0.25) is 0 Å². The minimum Gasteiger partial charge on any atom is -0.385 e. The average Bonchev–Trinajstić information content (AvgIpc) is 2.33. The van der Waals surface area contributed by atoms with Gasteiger partial charge in [-0.2, -0.15) is 0 Å². The van der Waals surface area contributed by atoms with Crippen LogP contribution in [-0.2, 0) is 14.3 Å². The highest BCUT2D eigenvalue weighted by Gasteiger charge is 2.40. The van der Waals surface area contributed by atoms with E-state index in [1.807, 2.05) is 6.92 Å². The highest BCUT2D eigenvalue weighted by Crippen LogP contribution is 2.19. The minimum atomic E-state index is -0.400. The van der Waals surface area contributed by atoms with Gasteiger partial charge in [0, 0.05) is 19.8 Å². The van der Waals surface area contributed by atoms with Gasteiger partial charge in [-0.1, -0.05) is 13.8 Å². The number of carbonyl (C=O) groups is 2. The van der Waals surface area contributed by atoms with E-state index in [1.165, 1.54) is 0 Å². The van der Waals surface area contributed by atoms with Gasteiger partial charge in [-0.25, -0.2) is 0 Å². The maximum Gasteiger partial charge on any atom is 0.246 e. The first kappa shape index (κ1) is 16.0. The summed E-state index contributed by atoms with van der Waals surface area (Å²) >= 11 is 0. The van der Waals surface area contributed by atoms with Crippen LogP contribution in [-0.4, -0.2) is 48.6 Å². The summed E-state index contributed by atoms with van der Waals surface area (Å²) in [5.74, 6) is 0.345. The number of rotatable bonds is 6. The lowest BCUT2D eigenvalue weighted by atomic mass is 9.97. The third-order valence-corrected chi connectivity index (χ3v) is 3.59. The van der Waals surface area contributed by atoms with Crippen LogP contribution in [0.1, 0.15) is 40.5 Å². The lowest BCUT2D eigenvalue weighted by Crippen LogP contribution is -2.64. The number of hydrogen-bond acceptors (Lipinski definition) is 3. The van der Waals surface area contributed by atoms with Gasteiger partial charge >= 0.3 is 0 Å². The molecule has 1 aliphatic heterocycles. The molecule has 1 rings (SSSR count). The Balaban J connectivity index is 2.80. The second-order valence-electron chi connectivity index (χ2n) is 5.74. The van der Waals surface area contributed by atoms with Crippen LogP contribution in [0.5, 0.6) is 0 Å². The fourth-order valence-electron chi connectivity index (χ4n) is 2.51. The SMILES string of the molecule is COCCC(C)N1C(=O)C(CC(C)C)NC(=O)C1C. The Morgan fingerprint density at radius 2 is 1.95 bits per heavy atom. The molecule has 1 fully saturated rings. The molecule has 0 radical (unpaired) electrons. The number of carbonyl (C=O) groups excluding carboxylic acids is 2. The first-order valence-corrected chi connectivity index (χ1v) is 7.00. The van der Waals surface area contributed by atoms with Gasteiger partial charge in [0.15, 0.2) is 0 Å². The van der Waals surface area contributed by atoms with E-state index in [4.69, 9.17) is 4.74 Å². The molecular weight excluding hydrogens is 244 g/mol. The zero-order chi connectivity index (χ0) is 14.6. The van der Waals surface area contributed by atoms with Gasteiger partial charge < -0.3 is 15.0 Å². The Morgan fingerprint density at radius 3 is 2.47 bits per heavy atom. The molecule has 0 spiro atoms. The standard InChI is InChI=1S/C14H26N2O3/c1-9(2)8-12-14(18)16(10(3)6-7-19-5)11(4)13(17)15-12/h9-12H,6-8H2,1-5H3,(H,15,17). The van der Waals surface area contributed by atoms with Gasteiger partial charge in [0.1, 0.15) is 12.1 Å². The van der Waals surface area contributed by atoms with E-state index < -0.39 is 6.04 Å². The summed E-state index contributed by atoms with van der Waals surface area (Å²) in [7, 11) is 1.64. The Hall–Kier alpha value is -1.10. The molecule has 0 bridgehead atoms. The summed E-state index contributed by atoms with van der Waals surface area (Å²) in [4.78, 5) is 26.2. The van der Waals surface area contributed by atoms with E-state index in [2.05, 4.69) is 19.2 Å². The molecule has 5 nitrogen and oxygen atoms in total. The lowest BCUT2D eigenvalue weighted by molar-refractivity contribution is -0.151. The van der Waals surface area contributed by atoms with Crippen molar-refractivity contribution in [3.63, 3.8) is 0 Å². The summed E-state index contributed by atoms with van der Waals surface area (Å²) in [6.45, 7) is 8.45. The molecule has 1 heterocycles. The van der Waals surface area contributed by atoms with Crippen LogP contribution in [0.15, 0.2) is 0 Å². The largest absolute Gasteiger partial charge is 0.385 e. The van der Waals surface area contributed by atoms with E-state index in [0.717, 1.165) is 6.42 Å². The van der Waals surface area contributed by atoms with Crippen molar-refractivity contribution in [1.29, 1.82) is 0 Å². The van der Waals surface area contributed by atoms with Gasteiger partial charge in [-0.3, -0.25) is 9.59 Å². The monoisotopic (exact) mass is 270 g/mol. The number of nitrogens with zero attached hydrogens (tertiary/aromatic N) is 1. The first-order valence-electron chi connectivity index (χ1n) is 7.00. The smallest absolute Gasteiger partial charge is 0.246 e. The normalized spacial score (nSPS) is 25.7. The second-order valence-corrected chi connectivity index (χ2v) is 5.74. The summed E-state index contributed by atoms with van der Waals surface area (Å²) in [6, 6.07) is -0.764. The van der Waals surface area contributed by atoms with Crippen molar-refractivity contribution in [3.05, 3.63) is 0 Å². The molecule has 1 N–H and O–H groups in total. The van der Waals surface area contributed by atoms with Crippen LogP contribution >= 0.6 is 0 Å². The molecule has 0 aromatic carbocycles. The van der Waals surface area contributed by atoms with Gasteiger partial charge in [0.05, 0.1) is 0 Å². The second kappa shape index (κ2) is 6.89. The van der Waals surface area contributed by atoms with Gasteiger partial charge in [0.2, 0.25) is 11.8 Å². The number of methoxy groups -OCH3 is 1. The molecule has 0 aliphatic carbocycles. The summed E-state index contributed by atoms with van der Waals surface area (Å²) in [5.41, 5.74) is 0. The molecule has 2 amide bonds. The lowest BCUT2D eigenvalue weighted by Gasteiger charge is -2.41. The fraction of sp³-hybridized carbons (Fsp3) is 0.857. The summed E-state index contributed by atoms with van der Waals surface area (Å²) < 4.78 is 5.05. The molecule has 3 unspecified atom stereocenters. The Labute approximate surface area is 115 Å². The van der Waals surface area contributed by atoms with E-state index in [1.54, 1.807) is 18.9 Å². The predicted molar refractivity (Wildman–Crippen MR) is 73.6 cm³/mol. The Morgan fingerprint density at radius 1 is 1.32 bits per heavy atom. The first-order chi connectivity index (χ1) is 8.88. The number of piperazine rings is 1. The van der Waals surface area contributed by atoms with Crippen molar-refractivity contribution in [2.75, 3.05) is 13.7 Å². The number of nitrogens with one attached hydrogen (secondary N) is 1. The van der Waals surface area contributed by atoms with Crippen molar-refractivity contribution in [3.8, 4) is 0 Å². The number of amides is 2. The Bertz CT molecular complexity index is 331. The zero-order valence-corrected chi connectivity index (χ0v) is 12.6. The molecule has 19 heavy (non-hydrogen) atoms. The maximum absolute atomic E-state index is 12.5. The van der Waals surface area contributed by atoms with E-state index >= 15 is 0 Å². The van der Waals surface area contributed by atoms with Gasteiger partial charge in [0.25, 0.3) is 0 Å². The zero-order valence-electron chi connectivity index (χ0n) is 12.6. The number of hydrogen-bond donors (Lipinski definition) is 1. The minimum absolute atomic E-state index is 0.0168. The quantitative estimate of drug-likeness (QED) is 0.788. The molecule has 0 aromatic rings. The van der Waals surface area contributed by atoms with Crippen LogP contribution in [0, 0.1) is 5.92 Å². The van der Waals surface area contributed by atoms with Crippen molar-refractivity contribution in [2.24, 2.45) is 5.92 Å². The number of ether oxygens (including phenoxy) is 1. The summed E-state index contributed by atoms with van der Waals surface area (Å²) in [5, 5.41) is 2.83. The van der Waals surface area contributed by atoms with Crippen molar-refractivity contribution in [1.82, 2.24) is 10.2 Å². The topological polar surface area (TPSA) is 58.6 Å². The predicted octanol–water partition coefficient (Wildman–Crippen LogP) is 1.17. The van der Waals surface area contributed by atoms with E-state index in [9.17, 15) is 9.59 Å². The molecule has 5 heteroatoms. The third kappa shape index (κ3) is 3.93. The third-order valence-electron chi connectivity index (χ3n) is 3.59. The highest BCUT2D eigenvalue weighted by molar-refractivity contribution is 5.96. The molecule has 1 saturated heterocycles. The molecule has 0 aromatic heterocycles. The molecule has 0 saturated carbocycles. The van der Waals surface area contributed by atoms with Crippen molar-refractivity contribution in [2.45, 2.75) is 58.7 Å². The highest BCUT2D eigenvalue weighted by atomic mass is 16.5. The average molecular weight is 270 g/mol.